The largest absolute Gasteiger partial charge is 0.437 e. The van der Waals surface area contributed by atoms with Gasteiger partial charge in [0.25, 0.3) is 0 Å². The second kappa shape index (κ2) is 11.4. The number of fused-ring (bicyclic) bond motifs is 3. The molecule has 0 aliphatic heterocycles. The van der Waals surface area contributed by atoms with Crippen molar-refractivity contribution in [1.29, 1.82) is 0 Å². The molecule has 0 atom stereocenters. The number of benzene rings is 4. The Labute approximate surface area is 271 Å². The first-order valence-corrected chi connectivity index (χ1v) is 16.3. The van der Waals surface area contributed by atoms with Gasteiger partial charge >= 0.3 is 0 Å². The van der Waals surface area contributed by atoms with Gasteiger partial charge in [-0.2, -0.15) is 0 Å². The molecule has 0 radical (unpaired) electrons. The van der Waals surface area contributed by atoms with Gasteiger partial charge in [-0.05, 0) is 79.1 Å². The first-order valence-electron chi connectivity index (χ1n) is 16.3. The van der Waals surface area contributed by atoms with Gasteiger partial charge in [0, 0.05) is 39.2 Å². The normalized spacial score (nSPS) is 12.2. The number of hydrogen-bond acceptors (Lipinski definition) is 3. The highest BCUT2D eigenvalue weighted by Crippen LogP contribution is 2.42. The molecular formula is C42H41N3O. The summed E-state index contributed by atoms with van der Waals surface area (Å²) >= 11 is 0. The summed E-state index contributed by atoms with van der Waals surface area (Å²) in [5.41, 5.74) is 11.5. The molecule has 0 fully saturated rings. The van der Waals surface area contributed by atoms with Crippen molar-refractivity contribution in [2.75, 3.05) is 0 Å². The summed E-state index contributed by atoms with van der Waals surface area (Å²) in [6.45, 7) is 15.7. The molecular weight excluding hydrogens is 562 g/mol. The molecule has 0 N–H and O–H groups in total. The minimum absolute atomic E-state index is 0.305. The van der Waals surface area contributed by atoms with Gasteiger partial charge < -0.3 is 4.42 Å². The third kappa shape index (κ3) is 5.02. The summed E-state index contributed by atoms with van der Waals surface area (Å²) in [4.78, 5) is 10.2. The van der Waals surface area contributed by atoms with Crippen LogP contribution in [0.15, 0.2) is 114 Å². The molecule has 0 unspecified atom stereocenters. The van der Waals surface area contributed by atoms with Crippen LogP contribution < -0.4 is 0 Å². The molecule has 3 heterocycles. The van der Waals surface area contributed by atoms with Crippen LogP contribution in [0, 0.1) is 6.92 Å². The summed E-state index contributed by atoms with van der Waals surface area (Å²) in [5, 5.41) is 2.12. The third-order valence-corrected chi connectivity index (χ3v) is 9.32. The van der Waals surface area contributed by atoms with Crippen LogP contribution in [-0.2, 0) is 5.41 Å². The van der Waals surface area contributed by atoms with E-state index >= 15 is 0 Å². The lowest BCUT2D eigenvalue weighted by atomic mass is 9.81. The average molecular weight is 604 g/mol. The molecule has 7 rings (SSSR count). The Hall–Kier alpha value is -4.96. The number of pyridine rings is 1. The van der Waals surface area contributed by atoms with Crippen LogP contribution in [0.3, 0.4) is 0 Å². The Morgan fingerprint density at radius 2 is 1.28 bits per heavy atom. The number of hydrogen-bond donors (Lipinski definition) is 0. The fraction of sp³-hybridized carbons (Fsp3) is 0.238. The number of aromatic nitrogens is 3. The van der Waals surface area contributed by atoms with Crippen molar-refractivity contribution in [2.45, 2.75) is 65.7 Å². The number of nitrogens with zero attached hydrogens (tertiary/aromatic N) is 3. The highest BCUT2D eigenvalue weighted by atomic mass is 16.3. The van der Waals surface area contributed by atoms with Gasteiger partial charge in [0.05, 0.1) is 11.4 Å². The minimum Gasteiger partial charge on any atom is -0.437 e. The zero-order chi connectivity index (χ0) is 32.2. The van der Waals surface area contributed by atoms with Gasteiger partial charge in [-0.25, -0.2) is 9.97 Å². The SMILES string of the molecule is Cc1ccc2c(n1)oc1c(C(C)(C)c3cn(-c4c(C(C)C)cc(-c5ccccc5)cc4C(C)C)c(-c4ccccc4)n3)cccc12. The van der Waals surface area contributed by atoms with Crippen LogP contribution >= 0.6 is 0 Å². The molecule has 0 spiro atoms. The van der Waals surface area contributed by atoms with Crippen LogP contribution in [0.2, 0.25) is 0 Å². The Morgan fingerprint density at radius 3 is 1.91 bits per heavy atom. The van der Waals surface area contributed by atoms with E-state index < -0.39 is 5.41 Å². The molecule has 0 aliphatic rings. The van der Waals surface area contributed by atoms with Crippen molar-refractivity contribution in [3.05, 3.63) is 137 Å². The zero-order valence-electron chi connectivity index (χ0n) is 27.8. The molecule has 3 aromatic heterocycles. The quantitative estimate of drug-likeness (QED) is 0.182. The van der Waals surface area contributed by atoms with Crippen molar-refractivity contribution in [1.82, 2.24) is 14.5 Å². The van der Waals surface area contributed by atoms with Crippen molar-refractivity contribution >= 4 is 22.1 Å². The fourth-order valence-corrected chi connectivity index (χ4v) is 6.68. The maximum Gasteiger partial charge on any atom is 0.227 e. The lowest BCUT2D eigenvalue weighted by Crippen LogP contribution is -2.19. The van der Waals surface area contributed by atoms with E-state index in [1.807, 2.05) is 13.0 Å². The fourth-order valence-electron chi connectivity index (χ4n) is 6.68. The Kier molecular flexibility index (Phi) is 7.39. The molecule has 0 aliphatic carbocycles. The first-order chi connectivity index (χ1) is 22.1. The van der Waals surface area contributed by atoms with Gasteiger partial charge in [0.15, 0.2) is 0 Å². The van der Waals surface area contributed by atoms with Crippen LogP contribution in [0.4, 0.5) is 0 Å². The number of imidazole rings is 1. The molecule has 4 nitrogen and oxygen atoms in total. The maximum absolute atomic E-state index is 6.49. The third-order valence-electron chi connectivity index (χ3n) is 9.32. The number of para-hydroxylation sites is 1. The highest BCUT2D eigenvalue weighted by Gasteiger charge is 2.32. The second-order valence-electron chi connectivity index (χ2n) is 13.6. The molecule has 7 aromatic rings. The second-order valence-corrected chi connectivity index (χ2v) is 13.6. The van der Waals surface area contributed by atoms with Crippen LogP contribution in [0.5, 0.6) is 0 Å². The molecule has 4 heteroatoms. The molecule has 0 saturated carbocycles. The molecule has 4 aromatic carbocycles. The van der Waals surface area contributed by atoms with Gasteiger partial charge in [-0.1, -0.05) is 107 Å². The molecule has 46 heavy (non-hydrogen) atoms. The van der Waals surface area contributed by atoms with E-state index in [1.165, 1.54) is 27.9 Å². The van der Waals surface area contributed by atoms with Gasteiger partial charge in [-0.3, -0.25) is 4.57 Å². The zero-order valence-corrected chi connectivity index (χ0v) is 27.8. The molecule has 0 amide bonds. The van der Waals surface area contributed by atoms with Gasteiger partial charge in [0.1, 0.15) is 11.4 Å². The number of aryl methyl sites for hydroxylation is 1. The Morgan fingerprint density at radius 1 is 0.652 bits per heavy atom. The van der Waals surface area contributed by atoms with Gasteiger partial charge in [-0.15, -0.1) is 0 Å². The van der Waals surface area contributed by atoms with E-state index in [1.54, 1.807) is 0 Å². The Bertz CT molecular complexity index is 2150. The predicted molar refractivity (Wildman–Crippen MR) is 191 cm³/mol. The van der Waals surface area contributed by atoms with Crippen LogP contribution in [0.25, 0.3) is 50.3 Å². The minimum atomic E-state index is -0.461. The lowest BCUT2D eigenvalue weighted by molar-refractivity contribution is 0.591. The van der Waals surface area contributed by atoms with Gasteiger partial charge in [0.2, 0.25) is 5.71 Å². The van der Waals surface area contributed by atoms with E-state index in [4.69, 9.17) is 14.4 Å². The van der Waals surface area contributed by atoms with E-state index in [9.17, 15) is 0 Å². The standard InChI is InChI=1S/C42H41N3O/c1-26(2)34-23-31(29-15-10-8-11-16-29)24-35(27(3)4)38(34)45-25-37(44-40(45)30-17-12-9-13-18-30)42(6,7)36-20-14-19-32-33-22-21-28(5)43-41(33)46-39(32)36/h8-27H,1-7H3. The van der Waals surface area contributed by atoms with Crippen LogP contribution in [0.1, 0.15) is 81.5 Å². The van der Waals surface area contributed by atoms with Crippen LogP contribution in [-0.4, -0.2) is 14.5 Å². The summed E-state index contributed by atoms with van der Waals surface area (Å²) in [6.07, 6.45) is 2.27. The van der Waals surface area contributed by atoms with E-state index in [-0.39, 0.29) is 0 Å². The van der Waals surface area contributed by atoms with Crippen molar-refractivity contribution in [2.24, 2.45) is 0 Å². The average Bonchev–Trinajstić information content (AvgIpc) is 3.67. The van der Waals surface area contributed by atoms with Crippen molar-refractivity contribution in [3.63, 3.8) is 0 Å². The summed E-state index contributed by atoms with van der Waals surface area (Å²) < 4.78 is 8.85. The Balaban J connectivity index is 1.49. The number of rotatable bonds is 7. The lowest BCUT2D eigenvalue weighted by Gasteiger charge is -2.24. The van der Waals surface area contributed by atoms with E-state index in [0.717, 1.165) is 44.7 Å². The van der Waals surface area contributed by atoms with E-state index in [2.05, 4.69) is 149 Å². The summed E-state index contributed by atoms with van der Waals surface area (Å²) in [5.74, 6) is 1.55. The van der Waals surface area contributed by atoms with E-state index in [0.29, 0.717) is 17.5 Å². The maximum atomic E-state index is 6.49. The summed E-state index contributed by atoms with van der Waals surface area (Å²) in [6, 6.07) is 36.6. The first kappa shape index (κ1) is 29.7. The predicted octanol–water partition coefficient (Wildman–Crippen LogP) is 11.4. The van der Waals surface area contributed by atoms with Crippen molar-refractivity contribution in [3.8, 4) is 28.2 Å². The van der Waals surface area contributed by atoms with Crippen molar-refractivity contribution < 1.29 is 4.42 Å². The smallest absolute Gasteiger partial charge is 0.227 e. The topological polar surface area (TPSA) is 43.9 Å². The molecule has 230 valence electrons. The molecule has 0 saturated heterocycles. The summed E-state index contributed by atoms with van der Waals surface area (Å²) in [7, 11) is 0. The molecule has 0 bridgehead atoms. The monoisotopic (exact) mass is 603 g/mol. The highest BCUT2D eigenvalue weighted by molar-refractivity contribution is 6.05. The number of furan rings is 1.